The summed E-state index contributed by atoms with van der Waals surface area (Å²) in [6.45, 7) is 3.35. The molecular weight excluding hydrogens is 246 g/mol. The monoisotopic (exact) mass is 263 g/mol. The highest BCUT2D eigenvalue weighted by Crippen LogP contribution is 2.23. The molecule has 102 valence electrons. The molecule has 1 N–H and O–H groups in total. The first-order valence-corrected chi connectivity index (χ1v) is 6.42. The van der Waals surface area contributed by atoms with Crippen LogP contribution in [0.1, 0.15) is 10.5 Å². The minimum absolute atomic E-state index is 0.334. The summed E-state index contributed by atoms with van der Waals surface area (Å²) < 4.78 is 10.2. The van der Waals surface area contributed by atoms with Crippen LogP contribution in [0.15, 0.2) is 18.3 Å². The van der Waals surface area contributed by atoms with Crippen LogP contribution in [-0.2, 0) is 9.47 Å². The zero-order chi connectivity index (χ0) is 13.2. The van der Waals surface area contributed by atoms with Crippen molar-refractivity contribution in [1.29, 1.82) is 0 Å². The molecule has 0 amide bonds. The molecule has 0 spiro atoms. The van der Waals surface area contributed by atoms with Gasteiger partial charge in [0.2, 0.25) is 0 Å². The predicted octanol–water partition coefficient (Wildman–Crippen LogP) is 0.0452. The van der Waals surface area contributed by atoms with Gasteiger partial charge in [0.15, 0.2) is 0 Å². The maximum atomic E-state index is 11.4. The molecule has 3 heterocycles. The first kappa shape index (κ1) is 12.4. The standard InChI is InChI=1S/C13H17N3O3/c1-18-13(17)10-3-2-9(6-15-10)16-5-4-14-11-7-19-8-12(11)16/h2-3,6,11-12,14H,4-5,7-8H2,1H3/t11-,12+/m0/s1. The van der Waals surface area contributed by atoms with E-state index in [1.807, 2.05) is 6.07 Å². The number of hydrogen-bond acceptors (Lipinski definition) is 6. The number of nitrogens with zero attached hydrogens (tertiary/aromatic N) is 2. The van der Waals surface area contributed by atoms with Crippen LogP contribution in [0, 0.1) is 0 Å². The molecular formula is C13H17N3O3. The molecule has 6 nitrogen and oxygen atoms in total. The highest BCUT2D eigenvalue weighted by atomic mass is 16.5. The number of methoxy groups -OCH3 is 1. The molecule has 0 aromatic carbocycles. The van der Waals surface area contributed by atoms with Crippen molar-refractivity contribution in [3.63, 3.8) is 0 Å². The third-order valence-electron chi connectivity index (χ3n) is 3.68. The van der Waals surface area contributed by atoms with Gasteiger partial charge in [0, 0.05) is 13.1 Å². The highest BCUT2D eigenvalue weighted by molar-refractivity contribution is 5.87. The summed E-state index contributed by atoms with van der Waals surface area (Å²) in [5.74, 6) is -0.408. The molecule has 6 heteroatoms. The van der Waals surface area contributed by atoms with Gasteiger partial charge in [-0.1, -0.05) is 0 Å². The van der Waals surface area contributed by atoms with Gasteiger partial charge in [-0.05, 0) is 12.1 Å². The quantitative estimate of drug-likeness (QED) is 0.760. The van der Waals surface area contributed by atoms with Crippen molar-refractivity contribution in [3.05, 3.63) is 24.0 Å². The second kappa shape index (κ2) is 5.14. The summed E-state index contributed by atoms with van der Waals surface area (Å²) in [4.78, 5) is 17.8. The van der Waals surface area contributed by atoms with Crippen LogP contribution in [0.4, 0.5) is 5.69 Å². The Morgan fingerprint density at radius 3 is 3.16 bits per heavy atom. The largest absolute Gasteiger partial charge is 0.464 e. The number of carbonyl (C=O) groups is 1. The van der Waals surface area contributed by atoms with Gasteiger partial charge in [-0.2, -0.15) is 0 Å². The van der Waals surface area contributed by atoms with Crippen LogP contribution in [0.3, 0.4) is 0 Å². The number of pyridine rings is 1. The second-order valence-corrected chi connectivity index (χ2v) is 4.75. The van der Waals surface area contributed by atoms with Gasteiger partial charge in [0.25, 0.3) is 0 Å². The number of rotatable bonds is 2. The van der Waals surface area contributed by atoms with Crippen LogP contribution in [0.5, 0.6) is 0 Å². The molecule has 0 unspecified atom stereocenters. The summed E-state index contributed by atoms with van der Waals surface area (Å²) in [6, 6.07) is 4.35. The fourth-order valence-corrected chi connectivity index (χ4v) is 2.68. The van der Waals surface area contributed by atoms with Crippen LogP contribution in [0.2, 0.25) is 0 Å². The number of aromatic nitrogens is 1. The van der Waals surface area contributed by atoms with Gasteiger partial charge in [-0.25, -0.2) is 9.78 Å². The number of anilines is 1. The average Bonchev–Trinajstić information content (AvgIpc) is 2.95. The van der Waals surface area contributed by atoms with E-state index in [-0.39, 0.29) is 0 Å². The zero-order valence-corrected chi connectivity index (χ0v) is 10.8. The van der Waals surface area contributed by atoms with Crippen molar-refractivity contribution in [2.45, 2.75) is 12.1 Å². The third-order valence-corrected chi connectivity index (χ3v) is 3.68. The van der Waals surface area contributed by atoms with E-state index in [1.54, 1.807) is 12.3 Å². The Balaban J connectivity index is 1.79. The maximum Gasteiger partial charge on any atom is 0.356 e. The zero-order valence-electron chi connectivity index (χ0n) is 10.8. The molecule has 2 fully saturated rings. The van der Waals surface area contributed by atoms with Crippen LogP contribution in [-0.4, -0.2) is 56.5 Å². The Hall–Kier alpha value is -1.66. The molecule has 0 saturated carbocycles. The topological polar surface area (TPSA) is 63.7 Å². The molecule has 3 rings (SSSR count). The number of hydrogen-bond donors (Lipinski definition) is 1. The van der Waals surface area contributed by atoms with Gasteiger partial charge >= 0.3 is 5.97 Å². The van der Waals surface area contributed by atoms with Crippen molar-refractivity contribution in [3.8, 4) is 0 Å². The molecule has 0 bridgehead atoms. The van der Waals surface area contributed by atoms with Gasteiger partial charge in [0.1, 0.15) is 5.69 Å². The smallest absolute Gasteiger partial charge is 0.356 e. The van der Waals surface area contributed by atoms with Crippen molar-refractivity contribution in [1.82, 2.24) is 10.3 Å². The highest BCUT2D eigenvalue weighted by Gasteiger charge is 2.36. The van der Waals surface area contributed by atoms with Crippen LogP contribution < -0.4 is 10.2 Å². The van der Waals surface area contributed by atoms with E-state index in [4.69, 9.17) is 4.74 Å². The fourth-order valence-electron chi connectivity index (χ4n) is 2.68. The molecule has 0 radical (unpaired) electrons. The lowest BCUT2D eigenvalue weighted by Crippen LogP contribution is -2.57. The van der Waals surface area contributed by atoms with Gasteiger partial charge in [-0.3, -0.25) is 0 Å². The van der Waals surface area contributed by atoms with Crippen molar-refractivity contribution in [2.24, 2.45) is 0 Å². The summed E-state index contributed by atoms with van der Waals surface area (Å²) >= 11 is 0. The Bertz CT molecular complexity index is 463. The van der Waals surface area contributed by atoms with E-state index in [2.05, 4.69) is 19.9 Å². The molecule has 2 saturated heterocycles. The summed E-state index contributed by atoms with van der Waals surface area (Å²) in [6.07, 6.45) is 1.73. The van der Waals surface area contributed by atoms with Crippen molar-refractivity contribution >= 4 is 11.7 Å². The number of ether oxygens (including phenoxy) is 2. The fraction of sp³-hybridized carbons (Fsp3) is 0.538. The Kier molecular flexibility index (Phi) is 3.35. The summed E-state index contributed by atoms with van der Waals surface area (Å²) in [5, 5.41) is 3.46. The number of carbonyl (C=O) groups excluding carboxylic acids is 1. The molecule has 2 aliphatic rings. The van der Waals surface area contributed by atoms with E-state index in [9.17, 15) is 4.79 Å². The van der Waals surface area contributed by atoms with E-state index in [1.165, 1.54) is 7.11 Å². The Labute approximate surface area is 111 Å². The predicted molar refractivity (Wildman–Crippen MR) is 69.3 cm³/mol. The maximum absolute atomic E-state index is 11.4. The number of fused-ring (bicyclic) bond motifs is 1. The molecule has 2 atom stereocenters. The van der Waals surface area contributed by atoms with Crippen LogP contribution >= 0.6 is 0 Å². The van der Waals surface area contributed by atoms with Crippen molar-refractivity contribution < 1.29 is 14.3 Å². The SMILES string of the molecule is COC(=O)c1ccc(N2CCN[C@H]3COC[C@H]32)cn1. The minimum Gasteiger partial charge on any atom is -0.464 e. The van der Waals surface area contributed by atoms with Crippen LogP contribution in [0.25, 0.3) is 0 Å². The second-order valence-electron chi connectivity index (χ2n) is 4.75. The number of piperazine rings is 1. The van der Waals surface area contributed by atoms with Crippen molar-refractivity contribution in [2.75, 3.05) is 38.3 Å². The lowest BCUT2D eigenvalue weighted by atomic mass is 10.1. The Morgan fingerprint density at radius 2 is 2.42 bits per heavy atom. The van der Waals surface area contributed by atoms with E-state index >= 15 is 0 Å². The van der Waals surface area contributed by atoms with Gasteiger partial charge in [0.05, 0.1) is 44.3 Å². The van der Waals surface area contributed by atoms with Gasteiger partial charge in [-0.15, -0.1) is 0 Å². The lowest BCUT2D eigenvalue weighted by Gasteiger charge is -2.38. The third kappa shape index (κ3) is 2.29. The lowest BCUT2D eigenvalue weighted by molar-refractivity contribution is 0.0594. The molecule has 1 aromatic heterocycles. The number of esters is 1. The molecule has 1 aromatic rings. The average molecular weight is 263 g/mol. The van der Waals surface area contributed by atoms with E-state index < -0.39 is 5.97 Å². The first-order valence-electron chi connectivity index (χ1n) is 6.42. The minimum atomic E-state index is -0.408. The first-order chi connectivity index (χ1) is 9.29. The number of nitrogens with one attached hydrogen (secondary N) is 1. The molecule has 2 aliphatic heterocycles. The summed E-state index contributed by atoms with van der Waals surface area (Å²) in [7, 11) is 1.36. The summed E-state index contributed by atoms with van der Waals surface area (Å²) in [5.41, 5.74) is 1.36. The molecule has 19 heavy (non-hydrogen) atoms. The van der Waals surface area contributed by atoms with E-state index in [0.717, 1.165) is 32.0 Å². The molecule has 0 aliphatic carbocycles. The van der Waals surface area contributed by atoms with E-state index in [0.29, 0.717) is 17.8 Å². The Morgan fingerprint density at radius 1 is 1.53 bits per heavy atom. The van der Waals surface area contributed by atoms with Gasteiger partial charge < -0.3 is 19.7 Å². The normalized spacial score (nSPS) is 26.1.